The molecule has 0 aliphatic carbocycles. The number of carbonyl (C=O) groups excluding carboxylic acids is 2. The molecule has 0 aliphatic heterocycles. The summed E-state index contributed by atoms with van der Waals surface area (Å²) in [6.45, 7) is 2.49. The van der Waals surface area contributed by atoms with E-state index in [1.807, 2.05) is 6.92 Å². The highest BCUT2D eigenvalue weighted by Crippen LogP contribution is 2.29. The van der Waals surface area contributed by atoms with Gasteiger partial charge in [-0.1, -0.05) is 29.3 Å². The van der Waals surface area contributed by atoms with E-state index in [2.05, 4.69) is 16.0 Å². The van der Waals surface area contributed by atoms with Gasteiger partial charge in [0.05, 0.1) is 22.3 Å². The summed E-state index contributed by atoms with van der Waals surface area (Å²) in [5.74, 6) is -0.385. The molecule has 2 amide bonds. The van der Waals surface area contributed by atoms with Gasteiger partial charge < -0.3 is 16.0 Å². The molecule has 0 aromatic heterocycles. The highest BCUT2D eigenvalue weighted by Gasteiger charge is 2.08. The van der Waals surface area contributed by atoms with E-state index in [-0.39, 0.29) is 18.4 Å². The van der Waals surface area contributed by atoms with Gasteiger partial charge in [-0.3, -0.25) is 9.59 Å². The summed E-state index contributed by atoms with van der Waals surface area (Å²) in [7, 11) is 0. The summed E-state index contributed by atoms with van der Waals surface area (Å²) < 4.78 is 0. The van der Waals surface area contributed by atoms with E-state index in [0.29, 0.717) is 27.8 Å². The Hall–Kier alpha value is -2.24. The quantitative estimate of drug-likeness (QED) is 0.729. The maximum absolute atomic E-state index is 12.0. The Labute approximate surface area is 150 Å². The van der Waals surface area contributed by atoms with Crippen molar-refractivity contribution in [3.63, 3.8) is 0 Å². The molecule has 0 aliphatic rings. The van der Waals surface area contributed by atoms with Crippen LogP contribution in [0.4, 0.5) is 11.4 Å². The maximum Gasteiger partial charge on any atom is 0.251 e. The fourth-order valence-corrected chi connectivity index (χ4v) is 2.33. The lowest BCUT2D eigenvalue weighted by Crippen LogP contribution is -2.23. The van der Waals surface area contributed by atoms with Crippen LogP contribution in [0.3, 0.4) is 0 Å². The molecule has 0 fully saturated rings. The van der Waals surface area contributed by atoms with Gasteiger partial charge >= 0.3 is 0 Å². The molecular formula is C17H17Cl2N3O2. The fraction of sp³-hybridized carbons (Fsp3) is 0.176. The molecule has 2 rings (SSSR count). The van der Waals surface area contributed by atoms with E-state index in [0.717, 1.165) is 5.69 Å². The van der Waals surface area contributed by atoms with Crippen molar-refractivity contribution < 1.29 is 9.59 Å². The van der Waals surface area contributed by atoms with Crippen LogP contribution in [-0.4, -0.2) is 24.9 Å². The van der Waals surface area contributed by atoms with Gasteiger partial charge in [0.1, 0.15) is 0 Å². The van der Waals surface area contributed by atoms with Crippen molar-refractivity contribution >= 4 is 46.4 Å². The monoisotopic (exact) mass is 365 g/mol. The van der Waals surface area contributed by atoms with Gasteiger partial charge in [-0.25, -0.2) is 0 Å². The summed E-state index contributed by atoms with van der Waals surface area (Å²) in [6.07, 6.45) is 0. The van der Waals surface area contributed by atoms with E-state index in [1.165, 1.54) is 0 Å². The van der Waals surface area contributed by atoms with Gasteiger partial charge in [0.15, 0.2) is 0 Å². The third kappa shape index (κ3) is 4.88. The minimum Gasteiger partial charge on any atom is -0.376 e. The fourth-order valence-electron chi connectivity index (χ4n) is 1.98. The summed E-state index contributed by atoms with van der Waals surface area (Å²) in [5, 5.41) is 9.07. The molecule has 0 heterocycles. The molecule has 2 aromatic carbocycles. The molecule has 0 unspecified atom stereocenters. The van der Waals surface area contributed by atoms with Crippen LogP contribution >= 0.6 is 23.2 Å². The molecular weight excluding hydrogens is 349 g/mol. The Morgan fingerprint density at radius 3 is 2.42 bits per heavy atom. The molecule has 0 saturated carbocycles. The predicted molar refractivity (Wildman–Crippen MR) is 98.0 cm³/mol. The van der Waals surface area contributed by atoms with Crippen LogP contribution in [0, 0.1) is 0 Å². The number of anilines is 2. The second-order valence-corrected chi connectivity index (χ2v) is 5.73. The molecule has 2 aromatic rings. The maximum atomic E-state index is 12.0. The molecule has 3 N–H and O–H groups in total. The first kappa shape index (κ1) is 18.1. The summed E-state index contributed by atoms with van der Waals surface area (Å²) in [5.41, 5.74) is 1.76. The first-order valence-corrected chi connectivity index (χ1v) is 8.13. The third-order valence-corrected chi connectivity index (χ3v) is 3.98. The zero-order chi connectivity index (χ0) is 17.5. The van der Waals surface area contributed by atoms with E-state index in [1.54, 1.807) is 42.5 Å². The molecule has 24 heavy (non-hydrogen) atoms. The van der Waals surface area contributed by atoms with Crippen molar-refractivity contribution in [1.29, 1.82) is 0 Å². The first-order valence-electron chi connectivity index (χ1n) is 7.37. The van der Waals surface area contributed by atoms with Crippen LogP contribution in [0.15, 0.2) is 42.5 Å². The van der Waals surface area contributed by atoms with Gasteiger partial charge in [-0.15, -0.1) is 0 Å². The van der Waals surface area contributed by atoms with Crippen molar-refractivity contribution in [1.82, 2.24) is 5.32 Å². The van der Waals surface area contributed by atoms with Crippen molar-refractivity contribution in [2.45, 2.75) is 6.92 Å². The molecule has 0 spiro atoms. The Bertz CT molecular complexity index is 733. The molecule has 126 valence electrons. The number of hydrogen-bond acceptors (Lipinski definition) is 3. The van der Waals surface area contributed by atoms with Crippen molar-refractivity contribution in [3.8, 4) is 0 Å². The van der Waals surface area contributed by atoms with Gasteiger partial charge in [-0.05, 0) is 43.3 Å². The van der Waals surface area contributed by atoms with Crippen molar-refractivity contribution in [2.24, 2.45) is 0 Å². The average Bonchev–Trinajstić information content (AvgIpc) is 2.58. The molecule has 5 nitrogen and oxygen atoms in total. The predicted octanol–water partition coefficient (Wildman–Crippen LogP) is 3.79. The molecule has 0 saturated heterocycles. The van der Waals surface area contributed by atoms with E-state index >= 15 is 0 Å². The summed E-state index contributed by atoms with van der Waals surface area (Å²) in [6, 6.07) is 11.9. The van der Waals surface area contributed by atoms with Gasteiger partial charge in [0.2, 0.25) is 5.91 Å². The lowest BCUT2D eigenvalue weighted by molar-refractivity contribution is -0.114. The smallest absolute Gasteiger partial charge is 0.251 e. The number of rotatable bonds is 6. The number of benzene rings is 2. The Balaban J connectivity index is 1.90. The molecule has 7 heteroatoms. The first-order chi connectivity index (χ1) is 11.5. The lowest BCUT2D eigenvalue weighted by atomic mass is 10.2. The number of halogens is 2. The highest BCUT2D eigenvalue weighted by molar-refractivity contribution is 6.44. The number of nitrogens with one attached hydrogen (secondary N) is 3. The van der Waals surface area contributed by atoms with Gasteiger partial charge in [0, 0.05) is 17.8 Å². The zero-order valence-corrected chi connectivity index (χ0v) is 14.5. The van der Waals surface area contributed by atoms with E-state index < -0.39 is 0 Å². The van der Waals surface area contributed by atoms with E-state index in [4.69, 9.17) is 23.2 Å². The topological polar surface area (TPSA) is 70.2 Å². The second kappa shape index (κ2) is 8.57. The lowest BCUT2D eigenvalue weighted by Gasteiger charge is -2.10. The highest BCUT2D eigenvalue weighted by atomic mass is 35.5. The zero-order valence-electron chi connectivity index (χ0n) is 13.0. The van der Waals surface area contributed by atoms with Crippen LogP contribution in [0.2, 0.25) is 10.0 Å². The van der Waals surface area contributed by atoms with Crippen LogP contribution < -0.4 is 16.0 Å². The Kier molecular flexibility index (Phi) is 6.46. The summed E-state index contributed by atoms with van der Waals surface area (Å²) in [4.78, 5) is 23.6. The number of hydrogen-bond donors (Lipinski definition) is 3. The third-order valence-electron chi connectivity index (χ3n) is 3.16. The van der Waals surface area contributed by atoms with Crippen LogP contribution in [0.5, 0.6) is 0 Å². The molecule has 0 atom stereocenters. The van der Waals surface area contributed by atoms with Crippen LogP contribution in [-0.2, 0) is 4.79 Å². The van der Waals surface area contributed by atoms with Crippen molar-refractivity contribution in [3.05, 3.63) is 58.1 Å². The number of carbonyl (C=O) groups is 2. The van der Waals surface area contributed by atoms with Gasteiger partial charge in [0.25, 0.3) is 5.91 Å². The Morgan fingerprint density at radius 2 is 1.75 bits per heavy atom. The largest absolute Gasteiger partial charge is 0.376 e. The minimum absolute atomic E-state index is 0.0589. The second-order valence-electron chi connectivity index (χ2n) is 4.94. The molecule has 0 bridgehead atoms. The summed E-state index contributed by atoms with van der Waals surface area (Å²) >= 11 is 11.9. The minimum atomic E-state index is -0.257. The van der Waals surface area contributed by atoms with Crippen LogP contribution in [0.25, 0.3) is 0 Å². The Morgan fingerprint density at radius 1 is 1.04 bits per heavy atom. The molecule has 0 radical (unpaired) electrons. The number of amides is 2. The van der Waals surface area contributed by atoms with Crippen molar-refractivity contribution in [2.75, 3.05) is 23.7 Å². The van der Waals surface area contributed by atoms with Gasteiger partial charge in [-0.2, -0.15) is 0 Å². The standard InChI is InChI=1S/C17H17Cl2N3O2/c1-2-20-17(24)11-6-8-12(9-7-11)21-10-15(23)22-14-5-3-4-13(18)16(14)19/h3-9,21H,2,10H2,1H3,(H,20,24)(H,22,23). The average molecular weight is 366 g/mol. The van der Waals surface area contributed by atoms with E-state index in [9.17, 15) is 9.59 Å². The van der Waals surface area contributed by atoms with Crippen LogP contribution in [0.1, 0.15) is 17.3 Å². The normalized spacial score (nSPS) is 10.1. The SMILES string of the molecule is CCNC(=O)c1ccc(NCC(=O)Nc2cccc(Cl)c2Cl)cc1.